The van der Waals surface area contributed by atoms with E-state index < -0.39 is 42.3 Å². The molecule has 1 saturated heterocycles. The van der Waals surface area contributed by atoms with Crippen LogP contribution in [0, 0.1) is 0 Å². The number of rotatable bonds is 5. The SMILES string of the molecule is CC(=O)OCC1=C(C=O)[C@@H](OC(C)=O)[C@@H]2O[C@@H]2[C@@H]1OC(C)=O. The van der Waals surface area contributed by atoms with Crippen molar-refractivity contribution in [3.05, 3.63) is 11.1 Å². The second-order valence-electron chi connectivity index (χ2n) is 5.00. The van der Waals surface area contributed by atoms with Crippen molar-refractivity contribution in [2.24, 2.45) is 0 Å². The number of ether oxygens (including phenoxy) is 4. The van der Waals surface area contributed by atoms with E-state index in [0.717, 1.165) is 0 Å². The van der Waals surface area contributed by atoms with Gasteiger partial charge in [0.05, 0.1) is 0 Å². The summed E-state index contributed by atoms with van der Waals surface area (Å²) in [6, 6.07) is 0. The number of fused-ring (bicyclic) bond motifs is 1. The predicted octanol–water partition coefficient (Wildman–Crippen LogP) is -0.311. The van der Waals surface area contributed by atoms with Gasteiger partial charge in [-0.1, -0.05) is 0 Å². The summed E-state index contributed by atoms with van der Waals surface area (Å²) in [7, 11) is 0. The van der Waals surface area contributed by atoms with Crippen molar-refractivity contribution >= 4 is 24.2 Å². The monoisotopic (exact) mass is 312 g/mol. The maximum absolute atomic E-state index is 11.4. The molecule has 0 radical (unpaired) electrons. The molecule has 0 spiro atoms. The van der Waals surface area contributed by atoms with E-state index in [0.29, 0.717) is 6.29 Å². The highest BCUT2D eigenvalue weighted by Gasteiger charge is 2.59. The van der Waals surface area contributed by atoms with Crippen molar-refractivity contribution in [1.29, 1.82) is 0 Å². The van der Waals surface area contributed by atoms with Crippen LogP contribution >= 0.6 is 0 Å². The third-order valence-electron chi connectivity index (χ3n) is 3.32. The fourth-order valence-electron chi connectivity index (χ4n) is 2.46. The van der Waals surface area contributed by atoms with Crippen LogP contribution in [0.3, 0.4) is 0 Å². The van der Waals surface area contributed by atoms with E-state index in [2.05, 4.69) is 0 Å². The van der Waals surface area contributed by atoms with Gasteiger partial charge in [-0.15, -0.1) is 0 Å². The van der Waals surface area contributed by atoms with Gasteiger partial charge in [0.2, 0.25) is 0 Å². The minimum atomic E-state index is -0.891. The summed E-state index contributed by atoms with van der Waals surface area (Å²) in [5, 5.41) is 0. The average molecular weight is 312 g/mol. The van der Waals surface area contributed by atoms with E-state index in [1.165, 1.54) is 20.8 Å². The number of carbonyl (C=O) groups excluding carboxylic acids is 4. The Morgan fingerprint density at radius 1 is 1.00 bits per heavy atom. The highest BCUT2D eigenvalue weighted by atomic mass is 16.7. The van der Waals surface area contributed by atoms with Gasteiger partial charge >= 0.3 is 17.9 Å². The third-order valence-corrected chi connectivity index (χ3v) is 3.32. The van der Waals surface area contributed by atoms with Gasteiger partial charge in [0, 0.05) is 31.9 Å². The van der Waals surface area contributed by atoms with Gasteiger partial charge in [-0.25, -0.2) is 0 Å². The average Bonchev–Trinajstić information content (AvgIpc) is 3.18. The number of epoxide rings is 1. The fourth-order valence-corrected chi connectivity index (χ4v) is 2.46. The maximum Gasteiger partial charge on any atom is 0.303 e. The molecule has 0 unspecified atom stereocenters. The molecule has 0 bridgehead atoms. The van der Waals surface area contributed by atoms with Gasteiger partial charge < -0.3 is 18.9 Å². The molecule has 1 fully saturated rings. The zero-order chi connectivity index (χ0) is 16.4. The molecule has 120 valence electrons. The molecule has 0 N–H and O–H groups in total. The first-order chi connectivity index (χ1) is 10.3. The molecule has 2 aliphatic rings. The molecule has 4 atom stereocenters. The molecule has 0 saturated carbocycles. The Hall–Kier alpha value is -2.22. The molecule has 22 heavy (non-hydrogen) atoms. The molecule has 8 nitrogen and oxygen atoms in total. The van der Waals surface area contributed by atoms with Gasteiger partial charge in [-0.2, -0.15) is 0 Å². The second kappa shape index (κ2) is 6.27. The molecule has 0 aromatic heterocycles. The summed E-state index contributed by atoms with van der Waals surface area (Å²) >= 11 is 0. The Labute approximate surface area is 126 Å². The summed E-state index contributed by atoms with van der Waals surface area (Å²) in [5.74, 6) is -1.69. The van der Waals surface area contributed by atoms with Gasteiger partial charge in [-0.05, 0) is 0 Å². The van der Waals surface area contributed by atoms with E-state index >= 15 is 0 Å². The summed E-state index contributed by atoms with van der Waals surface area (Å²) < 4.78 is 20.5. The van der Waals surface area contributed by atoms with Crippen LogP contribution in [0.25, 0.3) is 0 Å². The van der Waals surface area contributed by atoms with Crippen LogP contribution in [-0.4, -0.2) is 55.2 Å². The van der Waals surface area contributed by atoms with Crippen LogP contribution in [0.5, 0.6) is 0 Å². The highest BCUT2D eigenvalue weighted by Crippen LogP contribution is 2.42. The van der Waals surface area contributed by atoms with Crippen LogP contribution in [0.2, 0.25) is 0 Å². The number of hydrogen-bond acceptors (Lipinski definition) is 8. The van der Waals surface area contributed by atoms with Gasteiger partial charge in [0.1, 0.15) is 25.1 Å². The zero-order valence-electron chi connectivity index (χ0n) is 12.4. The summed E-state index contributed by atoms with van der Waals surface area (Å²) in [4.78, 5) is 44.8. The van der Waals surface area contributed by atoms with Gasteiger partial charge in [-0.3, -0.25) is 19.2 Å². The molecule has 0 aromatic carbocycles. The van der Waals surface area contributed by atoms with Gasteiger partial charge in [0.15, 0.2) is 12.2 Å². The predicted molar refractivity (Wildman–Crippen MR) is 69.5 cm³/mol. The Balaban J connectivity index is 2.35. The number of esters is 3. The largest absolute Gasteiger partial charge is 0.461 e. The normalized spacial score (nSPS) is 29.2. The lowest BCUT2D eigenvalue weighted by Crippen LogP contribution is -2.41. The molecule has 1 aliphatic heterocycles. The smallest absolute Gasteiger partial charge is 0.303 e. The van der Waals surface area contributed by atoms with Crippen molar-refractivity contribution < 1.29 is 38.1 Å². The third kappa shape index (κ3) is 3.33. The lowest BCUT2D eigenvalue weighted by atomic mass is 9.88. The van der Waals surface area contributed by atoms with E-state index in [4.69, 9.17) is 18.9 Å². The lowest BCUT2D eigenvalue weighted by molar-refractivity contribution is -0.149. The Bertz CT molecular complexity index is 549. The summed E-state index contributed by atoms with van der Waals surface area (Å²) in [6.45, 7) is 3.40. The summed E-state index contributed by atoms with van der Waals surface area (Å²) in [6.07, 6.45) is -2.30. The summed E-state index contributed by atoms with van der Waals surface area (Å²) in [5.41, 5.74) is 0.367. The van der Waals surface area contributed by atoms with Crippen molar-refractivity contribution in [1.82, 2.24) is 0 Å². The number of hydrogen-bond donors (Lipinski definition) is 0. The van der Waals surface area contributed by atoms with Gasteiger partial charge in [0.25, 0.3) is 0 Å². The van der Waals surface area contributed by atoms with Crippen LogP contribution in [-0.2, 0) is 38.1 Å². The van der Waals surface area contributed by atoms with Crippen molar-refractivity contribution in [2.45, 2.75) is 45.2 Å². The molecular weight excluding hydrogens is 296 g/mol. The molecular formula is C14H16O8. The van der Waals surface area contributed by atoms with E-state index in [-0.39, 0.29) is 17.8 Å². The molecule has 1 heterocycles. The van der Waals surface area contributed by atoms with Crippen molar-refractivity contribution in [3.8, 4) is 0 Å². The Kier molecular flexibility index (Phi) is 4.60. The topological polar surface area (TPSA) is 109 Å². The fraction of sp³-hybridized carbons (Fsp3) is 0.571. The molecule has 0 amide bonds. The van der Waals surface area contributed by atoms with Crippen molar-refractivity contribution in [2.75, 3.05) is 6.61 Å². The first-order valence-corrected chi connectivity index (χ1v) is 6.66. The second-order valence-corrected chi connectivity index (χ2v) is 5.00. The molecule has 2 rings (SSSR count). The molecule has 1 aliphatic carbocycles. The standard InChI is InChI=1S/C14H16O8/c1-6(16)19-5-10-9(4-15)11(20-7(2)17)13-14(22-13)12(10)21-8(3)18/h4,11-14H,5H2,1-3H3/t11-,12-,13+,14-/m1/s1. The van der Waals surface area contributed by atoms with E-state index in [1.54, 1.807) is 0 Å². The first-order valence-electron chi connectivity index (χ1n) is 6.66. The molecule has 0 aromatic rings. The van der Waals surface area contributed by atoms with E-state index in [9.17, 15) is 19.2 Å². The Morgan fingerprint density at radius 2 is 1.55 bits per heavy atom. The lowest BCUT2D eigenvalue weighted by Gasteiger charge is -2.27. The first kappa shape index (κ1) is 16.2. The zero-order valence-corrected chi connectivity index (χ0v) is 12.4. The quantitative estimate of drug-likeness (QED) is 0.294. The van der Waals surface area contributed by atoms with Crippen LogP contribution in [0.15, 0.2) is 11.1 Å². The molecule has 8 heteroatoms. The minimum Gasteiger partial charge on any atom is -0.461 e. The number of carbonyl (C=O) groups is 4. The van der Waals surface area contributed by atoms with Crippen LogP contribution in [0.4, 0.5) is 0 Å². The van der Waals surface area contributed by atoms with Crippen molar-refractivity contribution in [3.63, 3.8) is 0 Å². The maximum atomic E-state index is 11.4. The van der Waals surface area contributed by atoms with E-state index in [1.807, 2.05) is 0 Å². The Morgan fingerprint density at radius 3 is 2.05 bits per heavy atom. The van der Waals surface area contributed by atoms with Crippen LogP contribution < -0.4 is 0 Å². The number of aldehydes is 1. The minimum absolute atomic E-state index is 0.0986. The van der Waals surface area contributed by atoms with Crippen LogP contribution in [0.1, 0.15) is 20.8 Å². The highest BCUT2D eigenvalue weighted by molar-refractivity contribution is 5.80.